The van der Waals surface area contributed by atoms with E-state index >= 15 is 0 Å². The number of hydrogen-bond donors (Lipinski definition) is 2. The Labute approximate surface area is 129 Å². The average molecular weight is 327 g/mol. The van der Waals surface area contributed by atoms with Crippen molar-refractivity contribution in [1.29, 1.82) is 0 Å². The summed E-state index contributed by atoms with van der Waals surface area (Å²) in [6.07, 6.45) is 0. The van der Waals surface area contributed by atoms with Crippen LogP contribution in [0, 0.1) is 5.82 Å². The Balaban J connectivity index is 2.10. The van der Waals surface area contributed by atoms with E-state index in [0.29, 0.717) is 0 Å². The first-order valence-corrected chi connectivity index (χ1v) is 6.55. The van der Waals surface area contributed by atoms with Gasteiger partial charge in [-0.25, -0.2) is 4.39 Å². The molecule has 0 aromatic heterocycles. The number of benzene rings is 2. The zero-order valence-electron chi connectivity index (χ0n) is 10.5. The lowest BCUT2D eigenvalue weighted by molar-refractivity contribution is -0.133. The fourth-order valence-electron chi connectivity index (χ4n) is 1.53. The molecule has 2 amide bonds. The highest BCUT2D eigenvalue weighted by Gasteiger charge is 2.18. The first-order valence-electron chi connectivity index (χ1n) is 5.80. The molecule has 7 heteroatoms. The summed E-state index contributed by atoms with van der Waals surface area (Å²) in [6, 6.07) is 10.1. The van der Waals surface area contributed by atoms with Gasteiger partial charge in [0.05, 0.1) is 21.4 Å². The number of nitrogens with one attached hydrogen (secondary N) is 2. The number of carbonyl (C=O) groups is 2. The summed E-state index contributed by atoms with van der Waals surface area (Å²) < 4.78 is 13.4. The summed E-state index contributed by atoms with van der Waals surface area (Å²) in [4.78, 5) is 23.5. The van der Waals surface area contributed by atoms with Crippen molar-refractivity contribution in [3.05, 3.63) is 58.3 Å². The molecule has 0 saturated heterocycles. The monoisotopic (exact) mass is 326 g/mol. The van der Waals surface area contributed by atoms with E-state index in [2.05, 4.69) is 10.6 Å². The van der Waals surface area contributed by atoms with E-state index in [-0.39, 0.29) is 21.4 Å². The number of halogens is 3. The van der Waals surface area contributed by atoms with E-state index in [1.54, 1.807) is 6.07 Å². The van der Waals surface area contributed by atoms with Gasteiger partial charge < -0.3 is 10.6 Å². The molecule has 108 valence electrons. The topological polar surface area (TPSA) is 58.2 Å². The molecule has 2 rings (SSSR count). The third kappa shape index (κ3) is 3.71. The van der Waals surface area contributed by atoms with E-state index < -0.39 is 17.6 Å². The molecule has 21 heavy (non-hydrogen) atoms. The number of para-hydroxylation sites is 2. The molecule has 0 radical (unpaired) electrons. The quantitative estimate of drug-likeness (QED) is 0.826. The minimum atomic E-state index is -1.03. The van der Waals surface area contributed by atoms with E-state index in [9.17, 15) is 14.0 Å². The molecule has 2 aromatic rings. The van der Waals surface area contributed by atoms with Crippen LogP contribution in [-0.2, 0) is 9.59 Å². The van der Waals surface area contributed by atoms with Crippen LogP contribution >= 0.6 is 23.2 Å². The van der Waals surface area contributed by atoms with Gasteiger partial charge in [0.1, 0.15) is 5.82 Å². The van der Waals surface area contributed by atoms with Crippen molar-refractivity contribution >= 4 is 46.4 Å². The smallest absolute Gasteiger partial charge is 0.314 e. The van der Waals surface area contributed by atoms with E-state index in [4.69, 9.17) is 23.2 Å². The SMILES string of the molecule is O=C(Nc1ccccc1F)C(=O)Nc1c(Cl)cccc1Cl. The lowest BCUT2D eigenvalue weighted by atomic mass is 10.3. The molecule has 0 aliphatic heterocycles. The Morgan fingerprint density at radius 2 is 1.43 bits per heavy atom. The summed E-state index contributed by atoms with van der Waals surface area (Å²) in [5.74, 6) is -2.68. The number of amides is 2. The molecule has 0 atom stereocenters. The summed E-state index contributed by atoms with van der Waals surface area (Å²) >= 11 is 11.7. The largest absolute Gasteiger partial charge is 0.315 e. The van der Waals surface area contributed by atoms with E-state index in [0.717, 1.165) is 0 Å². The van der Waals surface area contributed by atoms with Crippen molar-refractivity contribution in [3.8, 4) is 0 Å². The minimum Gasteiger partial charge on any atom is -0.315 e. The molecule has 0 fully saturated rings. The highest BCUT2D eigenvalue weighted by molar-refractivity contribution is 6.46. The second kappa shape index (κ2) is 6.56. The predicted octanol–water partition coefficient (Wildman–Crippen LogP) is 3.71. The molecule has 0 saturated carbocycles. The maximum atomic E-state index is 13.4. The van der Waals surface area contributed by atoms with Gasteiger partial charge in [-0.2, -0.15) is 0 Å². The first kappa shape index (κ1) is 15.3. The fraction of sp³-hybridized carbons (Fsp3) is 0. The Bertz CT molecular complexity index is 687. The highest BCUT2D eigenvalue weighted by Crippen LogP contribution is 2.29. The van der Waals surface area contributed by atoms with E-state index in [1.165, 1.54) is 36.4 Å². The molecular weight excluding hydrogens is 318 g/mol. The highest BCUT2D eigenvalue weighted by atomic mass is 35.5. The summed E-state index contributed by atoms with van der Waals surface area (Å²) in [7, 11) is 0. The maximum Gasteiger partial charge on any atom is 0.314 e. The van der Waals surface area contributed by atoms with Crippen molar-refractivity contribution in [2.75, 3.05) is 10.6 Å². The minimum absolute atomic E-state index is 0.0945. The first-order chi connectivity index (χ1) is 9.99. The molecule has 2 N–H and O–H groups in total. The molecular formula is C14H9Cl2FN2O2. The third-order valence-electron chi connectivity index (χ3n) is 2.53. The van der Waals surface area contributed by atoms with Crippen LogP contribution in [0.25, 0.3) is 0 Å². The zero-order valence-corrected chi connectivity index (χ0v) is 12.0. The number of rotatable bonds is 2. The number of hydrogen-bond acceptors (Lipinski definition) is 2. The van der Waals surface area contributed by atoms with E-state index in [1.807, 2.05) is 0 Å². The maximum absolute atomic E-state index is 13.4. The van der Waals surface area contributed by atoms with Crippen LogP contribution in [0.1, 0.15) is 0 Å². The van der Waals surface area contributed by atoms with Crippen LogP contribution in [0.5, 0.6) is 0 Å². The van der Waals surface area contributed by atoms with Gasteiger partial charge in [0.15, 0.2) is 0 Å². The van der Waals surface area contributed by atoms with Gasteiger partial charge in [0.25, 0.3) is 0 Å². The van der Waals surface area contributed by atoms with Gasteiger partial charge in [0, 0.05) is 0 Å². The number of anilines is 2. The summed E-state index contributed by atoms with van der Waals surface area (Å²) in [5.41, 5.74) is 0.0254. The second-order valence-corrected chi connectivity index (χ2v) is 4.80. The van der Waals surface area contributed by atoms with Crippen molar-refractivity contribution in [2.45, 2.75) is 0 Å². The van der Waals surface area contributed by atoms with Crippen molar-refractivity contribution < 1.29 is 14.0 Å². The fourth-order valence-corrected chi connectivity index (χ4v) is 2.02. The molecule has 0 aliphatic carbocycles. The Hall–Kier alpha value is -2.11. The van der Waals surface area contributed by atoms with Crippen LogP contribution < -0.4 is 10.6 Å². The van der Waals surface area contributed by atoms with Gasteiger partial charge in [-0.3, -0.25) is 9.59 Å². The van der Waals surface area contributed by atoms with Crippen molar-refractivity contribution in [2.24, 2.45) is 0 Å². The normalized spacial score (nSPS) is 10.0. The van der Waals surface area contributed by atoms with Crippen LogP contribution in [-0.4, -0.2) is 11.8 Å². The molecule has 0 spiro atoms. The summed E-state index contributed by atoms with van der Waals surface area (Å²) in [6.45, 7) is 0. The van der Waals surface area contributed by atoms with Gasteiger partial charge >= 0.3 is 11.8 Å². The van der Waals surface area contributed by atoms with Gasteiger partial charge in [-0.1, -0.05) is 41.4 Å². The van der Waals surface area contributed by atoms with Crippen molar-refractivity contribution in [3.63, 3.8) is 0 Å². The lowest BCUT2D eigenvalue weighted by Crippen LogP contribution is -2.29. The molecule has 0 heterocycles. The average Bonchev–Trinajstić information content (AvgIpc) is 2.45. The number of carbonyl (C=O) groups excluding carboxylic acids is 2. The second-order valence-electron chi connectivity index (χ2n) is 3.98. The molecule has 0 bridgehead atoms. The lowest BCUT2D eigenvalue weighted by Gasteiger charge is -2.09. The molecule has 0 aliphatic rings. The van der Waals surface area contributed by atoms with Crippen LogP contribution in [0.2, 0.25) is 10.0 Å². The Kier molecular flexibility index (Phi) is 4.77. The third-order valence-corrected chi connectivity index (χ3v) is 3.16. The summed E-state index contributed by atoms with van der Waals surface area (Å²) in [5, 5.41) is 4.82. The van der Waals surface area contributed by atoms with Gasteiger partial charge in [-0.15, -0.1) is 0 Å². The molecule has 2 aromatic carbocycles. The molecule has 4 nitrogen and oxygen atoms in total. The van der Waals surface area contributed by atoms with Crippen LogP contribution in [0.4, 0.5) is 15.8 Å². The standard InChI is InChI=1S/C14H9Cl2FN2O2/c15-8-4-3-5-9(16)12(8)19-14(21)13(20)18-11-7-2-1-6-10(11)17/h1-7H,(H,18,20)(H,19,21). The van der Waals surface area contributed by atoms with Crippen LogP contribution in [0.15, 0.2) is 42.5 Å². The zero-order chi connectivity index (χ0) is 15.4. The van der Waals surface area contributed by atoms with Gasteiger partial charge in [0.2, 0.25) is 0 Å². The van der Waals surface area contributed by atoms with Crippen LogP contribution in [0.3, 0.4) is 0 Å². The Morgan fingerprint density at radius 1 is 0.857 bits per heavy atom. The van der Waals surface area contributed by atoms with Crippen molar-refractivity contribution in [1.82, 2.24) is 0 Å². The Morgan fingerprint density at radius 3 is 2.05 bits per heavy atom. The molecule has 0 unspecified atom stereocenters. The predicted molar refractivity (Wildman–Crippen MR) is 80.1 cm³/mol. The van der Waals surface area contributed by atoms with Gasteiger partial charge in [-0.05, 0) is 24.3 Å².